The van der Waals surface area contributed by atoms with Crippen molar-refractivity contribution in [1.29, 1.82) is 0 Å². The highest BCUT2D eigenvalue weighted by molar-refractivity contribution is 5.94. The van der Waals surface area contributed by atoms with E-state index in [1.807, 2.05) is 44.2 Å². The lowest BCUT2D eigenvalue weighted by Gasteiger charge is -2.33. The number of morpholine rings is 1. The maximum Gasteiger partial charge on any atom is 0.248 e. The van der Waals surface area contributed by atoms with Gasteiger partial charge in [-0.3, -0.25) is 9.78 Å². The van der Waals surface area contributed by atoms with Gasteiger partial charge in [0.2, 0.25) is 11.9 Å². The Morgan fingerprint density at radius 2 is 1.90 bits per heavy atom. The van der Waals surface area contributed by atoms with E-state index in [1.165, 1.54) is 0 Å². The molecule has 0 saturated carbocycles. The van der Waals surface area contributed by atoms with Gasteiger partial charge < -0.3 is 15.4 Å². The van der Waals surface area contributed by atoms with Crippen molar-refractivity contribution >= 4 is 11.9 Å². The van der Waals surface area contributed by atoms with Crippen LogP contribution in [0.4, 0.5) is 5.95 Å². The van der Waals surface area contributed by atoms with E-state index in [0.717, 1.165) is 40.7 Å². The molecule has 0 radical (unpaired) electrons. The second kappa shape index (κ2) is 7.97. The SMILES string of the molecule is Cc1cc(C)nc(N2CCO[C@@H](c3ccc(-c4cccc(C(N)=O)c4)cn3)C2)n1. The Bertz CT molecular complexity index is 1020. The van der Waals surface area contributed by atoms with E-state index in [9.17, 15) is 4.79 Å². The molecule has 29 heavy (non-hydrogen) atoms. The van der Waals surface area contributed by atoms with Crippen LogP contribution in [0.1, 0.15) is 33.5 Å². The summed E-state index contributed by atoms with van der Waals surface area (Å²) in [6.45, 7) is 5.93. The van der Waals surface area contributed by atoms with E-state index in [1.54, 1.807) is 18.3 Å². The molecular weight excluding hydrogens is 366 g/mol. The van der Waals surface area contributed by atoms with Crippen LogP contribution in [0, 0.1) is 13.8 Å². The Balaban J connectivity index is 1.53. The molecule has 4 rings (SSSR count). The monoisotopic (exact) mass is 389 g/mol. The molecular formula is C22H23N5O2. The lowest BCUT2D eigenvalue weighted by molar-refractivity contribution is 0.0364. The minimum atomic E-state index is -0.444. The summed E-state index contributed by atoms with van der Waals surface area (Å²) in [6, 6.07) is 13.1. The third kappa shape index (κ3) is 4.25. The molecule has 2 N–H and O–H groups in total. The van der Waals surface area contributed by atoms with Crippen LogP contribution in [0.2, 0.25) is 0 Å². The Morgan fingerprint density at radius 1 is 1.10 bits per heavy atom. The number of primary amides is 1. The van der Waals surface area contributed by atoms with Gasteiger partial charge in [-0.25, -0.2) is 9.97 Å². The van der Waals surface area contributed by atoms with Gasteiger partial charge in [0.15, 0.2) is 0 Å². The Morgan fingerprint density at radius 3 is 2.59 bits per heavy atom. The summed E-state index contributed by atoms with van der Waals surface area (Å²) in [5.74, 6) is 0.288. The number of hydrogen-bond donors (Lipinski definition) is 1. The quantitative estimate of drug-likeness (QED) is 0.737. The van der Waals surface area contributed by atoms with Crippen molar-refractivity contribution in [3.8, 4) is 11.1 Å². The van der Waals surface area contributed by atoms with Gasteiger partial charge in [0, 0.05) is 35.3 Å². The highest BCUT2D eigenvalue weighted by atomic mass is 16.5. The average Bonchev–Trinajstić information content (AvgIpc) is 2.73. The van der Waals surface area contributed by atoms with E-state index in [2.05, 4.69) is 19.9 Å². The molecule has 1 saturated heterocycles. The van der Waals surface area contributed by atoms with Crippen LogP contribution in [-0.2, 0) is 4.74 Å². The molecule has 2 aromatic heterocycles. The molecule has 1 aliphatic rings. The molecule has 3 heterocycles. The van der Waals surface area contributed by atoms with Gasteiger partial charge in [0.05, 0.1) is 18.8 Å². The fourth-order valence-corrected chi connectivity index (χ4v) is 3.48. The maximum atomic E-state index is 11.4. The van der Waals surface area contributed by atoms with Crippen LogP contribution in [0.15, 0.2) is 48.7 Å². The predicted molar refractivity (Wildman–Crippen MR) is 111 cm³/mol. The number of amides is 1. The molecule has 7 nitrogen and oxygen atoms in total. The number of anilines is 1. The smallest absolute Gasteiger partial charge is 0.248 e. The molecule has 1 atom stereocenters. The number of aromatic nitrogens is 3. The van der Waals surface area contributed by atoms with E-state index in [4.69, 9.17) is 10.5 Å². The van der Waals surface area contributed by atoms with Gasteiger partial charge in [-0.2, -0.15) is 0 Å². The third-order valence-electron chi connectivity index (χ3n) is 4.92. The second-order valence-corrected chi connectivity index (χ2v) is 7.17. The lowest BCUT2D eigenvalue weighted by atomic mass is 10.0. The third-order valence-corrected chi connectivity index (χ3v) is 4.92. The van der Waals surface area contributed by atoms with Gasteiger partial charge in [-0.15, -0.1) is 0 Å². The highest BCUT2D eigenvalue weighted by Gasteiger charge is 2.25. The first-order chi connectivity index (χ1) is 14.0. The number of carbonyl (C=O) groups is 1. The summed E-state index contributed by atoms with van der Waals surface area (Å²) in [5, 5.41) is 0. The molecule has 148 valence electrons. The highest BCUT2D eigenvalue weighted by Crippen LogP contribution is 2.26. The van der Waals surface area contributed by atoms with Crippen molar-refractivity contribution in [1.82, 2.24) is 15.0 Å². The summed E-state index contributed by atoms with van der Waals surface area (Å²) in [5.41, 5.74) is 10.4. The number of rotatable bonds is 4. The first-order valence-electron chi connectivity index (χ1n) is 9.54. The zero-order valence-electron chi connectivity index (χ0n) is 16.5. The molecule has 1 fully saturated rings. The minimum absolute atomic E-state index is 0.154. The predicted octanol–water partition coefficient (Wildman–Crippen LogP) is 2.83. The molecule has 0 spiro atoms. The van der Waals surface area contributed by atoms with Crippen molar-refractivity contribution in [2.75, 3.05) is 24.6 Å². The van der Waals surface area contributed by atoms with E-state index < -0.39 is 5.91 Å². The lowest BCUT2D eigenvalue weighted by Crippen LogP contribution is -2.39. The fourth-order valence-electron chi connectivity index (χ4n) is 3.48. The Hall–Kier alpha value is -3.32. The number of carbonyl (C=O) groups excluding carboxylic acids is 1. The zero-order valence-corrected chi connectivity index (χ0v) is 16.5. The summed E-state index contributed by atoms with van der Waals surface area (Å²) in [6.07, 6.45) is 1.64. The first kappa shape index (κ1) is 19.0. The van der Waals surface area contributed by atoms with Crippen LogP contribution in [0.3, 0.4) is 0 Å². The number of nitrogens with zero attached hydrogens (tertiary/aromatic N) is 4. The number of nitrogens with two attached hydrogens (primary N) is 1. The maximum absolute atomic E-state index is 11.4. The fraction of sp³-hybridized carbons (Fsp3) is 0.273. The standard InChI is InChI=1S/C22H23N5O2/c1-14-10-15(2)26-22(25-14)27-8-9-29-20(13-27)19-7-6-18(12-24-19)16-4-3-5-17(11-16)21(23)28/h3-7,10-12,20H,8-9,13H2,1-2H3,(H2,23,28)/t20-/m1/s1. The summed E-state index contributed by atoms with van der Waals surface area (Å²) in [4.78, 5) is 27.3. The van der Waals surface area contributed by atoms with Crippen LogP contribution < -0.4 is 10.6 Å². The van der Waals surface area contributed by atoms with Crippen molar-refractivity contribution < 1.29 is 9.53 Å². The molecule has 7 heteroatoms. The van der Waals surface area contributed by atoms with Crippen molar-refractivity contribution in [2.24, 2.45) is 5.73 Å². The normalized spacial score (nSPS) is 16.6. The summed E-state index contributed by atoms with van der Waals surface area (Å²) in [7, 11) is 0. The van der Waals surface area contributed by atoms with Crippen molar-refractivity contribution in [3.05, 3.63) is 71.3 Å². The van der Waals surface area contributed by atoms with Gasteiger partial charge in [-0.1, -0.05) is 18.2 Å². The van der Waals surface area contributed by atoms with Gasteiger partial charge in [0.25, 0.3) is 0 Å². The number of ether oxygens (including phenoxy) is 1. The van der Waals surface area contributed by atoms with Crippen LogP contribution in [-0.4, -0.2) is 40.6 Å². The van der Waals surface area contributed by atoms with E-state index >= 15 is 0 Å². The molecule has 0 unspecified atom stereocenters. The minimum Gasteiger partial charge on any atom is -0.368 e. The van der Waals surface area contributed by atoms with Gasteiger partial charge >= 0.3 is 0 Å². The van der Waals surface area contributed by atoms with Crippen LogP contribution >= 0.6 is 0 Å². The van der Waals surface area contributed by atoms with Crippen LogP contribution in [0.5, 0.6) is 0 Å². The number of aryl methyl sites for hydroxylation is 2. The topological polar surface area (TPSA) is 94.2 Å². The molecule has 0 bridgehead atoms. The Kier molecular flexibility index (Phi) is 5.22. The zero-order chi connectivity index (χ0) is 20.4. The van der Waals surface area contributed by atoms with Gasteiger partial charge in [-0.05, 0) is 43.7 Å². The second-order valence-electron chi connectivity index (χ2n) is 7.17. The summed E-state index contributed by atoms with van der Waals surface area (Å²) < 4.78 is 5.95. The van der Waals surface area contributed by atoms with Crippen LogP contribution in [0.25, 0.3) is 11.1 Å². The Labute approximate surface area is 169 Å². The molecule has 3 aromatic rings. The van der Waals surface area contributed by atoms with Gasteiger partial charge in [0.1, 0.15) is 6.10 Å². The number of pyridine rings is 1. The first-order valence-corrected chi connectivity index (χ1v) is 9.54. The number of hydrogen-bond acceptors (Lipinski definition) is 6. The summed E-state index contributed by atoms with van der Waals surface area (Å²) >= 11 is 0. The average molecular weight is 389 g/mol. The molecule has 1 aliphatic heterocycles. The molecule has 0 aliphatic carbocycles. The van der Waals surface area contributed by atoms with E-state index in [-0.39, 0.29) is 6.10 Å². The largest absolute Gasteiger partial charge is 0.368 e. The molecule has 1 amide bonds. The van der Waals surface area contributed by atoms with E-state index in [0.29, 0.717) is 18.7 Å². The van der Waals surface area contributed by atoms with Crippen molar-refractivity contribution in [2.45, 2.75) is 20.0 Å². The number of benzene rings is 1. The van der Waals surface area contributed by atoms with Crippen molar-refractivity contribution in [3.63, 3.8) is 0 Å². The molecule has 1 aromatic carbocycles.